The molecule has 27 heavy (non-hydrogen) atoms. The van der Waals surface area contributed by atoms with E-state index in [-0.39, 0.29) is 17.2 Å². The minimum absolute atomic E-state index is 0.147. The number of piperidine rings is 1. The first-order chi connectivity index (χ1) is 12.8. The lowest BCUT2D eigenvalue weighted by molar-refractivity contribution is -0.139. The van der Waals surface area contributed by atoms with Crippen molar-refractivity contribution in [2.75, 3.05) is 44.2 Å². The SMILES string of the molecule is CC1CCN(C(=O)c2ccc(N3CCN(C(=O)C(C)(C)C)CC3)cc2)CC1. The monoisotopic (exact) mass is 371 g/mol. The van der Waals surface area contributed by atoms with Gasteiger partial charge in [-0.3, -0.25) is 9.59 Å². The summed E-state index contributed by atoms with van der Waals surface area (Å²) in [5.74, 6) is 1.09. The van der Waals surface area contributed by atoms with Crippen LogP contribution >= 0.6 is 0 Å². The van der Waals surface area contributed by atoms with Crippen LogP contribution in [0.5, 0.6) is 0 Å². The highest BCUT2D eigenvalue weighted by atomic mass is 16.2. The van der Waals surface area contributed by atoms with Gasteiger partial charge in [-0.2, -0.15) is 0 Å². The summed E-state index contributed by atoms with van der Waals surface area (Å²) in [6.07, 6.45) is 2.20. The van der Waals surface area contributed by atoms with Crippen molar-refractivity contribution in [2.24, 2.45) is 11.3 Å². The third-order valence-electron chi connectivity index (χ3n) is 5.76. The van der Waals surface area contributed by atoms with Crippen LogP contribution in [0.15, 0.2) is 24.3 Å². The van der Waals surface area contributed by atoms with Crippen molar-refractivity contribution in [1.29, 1.82) is 0 Å². The van der Waals surface area contributed by atoms with E-state index in [2.05, 4.69) is 11.8 Å². The van der Waals surface area contributed by atoms with Gasteiger partial charge < -0.3 is 14.7 Å². The van der Waals surface area contributed by atoms with Crippen LogP contribution in [0, 0.1) is 11.3 Å². The molecule has 2 saturated heterocycles. The summed E-state index contributed by atoms with van der Waals surface area (Å²) in [6.45, 7) is 13.1. The number of amides is 2. The van der Waals surface area contributed by atoms with Gasteiger partial charge in [0.25, 0.3) is 5.91 Å². The van der Waals surface area contributed by atoms with Crippen LogP contribution in [0.1, 0.15) is 50.9 Å². The van der Waals surface area contributed by atoms with Crippen molar-refractivity contribution in [2.45, 2.75) is 40.5 Å². The Morgan fingerprint density at radius 2 is 1.41 bits per heavy atom. The van der Waals surface area contributed by atoms with E-state index in [1.54, 1.807) is 0 Å². The highest BCUT2D eigenvalue weighted by molar-refractivity contribution is 5.94. The molecule has 5 heteroatoms. The molecule has 0 bridgehead atoms. The van der Waals surface area contributed by atoms with E-state index in [0.717, 1.165) is 69.3 Å². The predicted molar refractivity (Wildman–Crippen MR) is 109 cm³/mol. The molecule has 2 aliphatic heterocycles. The zero-order chi connectivity index (χ0) is 19.6. The van der Waals surface area contributed by atoms with E-state index in [1.807, 2.05) is 54.8 Å². The molecule has 0 radical (unpaired) electrons. The van der Waals surface area contributed by atoms with E-state index in [9.17, 15) is 9.59 Å². The van der Waals surface area contributed by atoms with Gasteiger partial charge in [-0.05, 0) is 43.0 Å². The quantitative estimate of drug-likeness (QED) is 0.801. The lowest BCUT2D eigenvalue weighted by Crippen LogP contribution is -2.51. The van der Waals surface area contributed by atoms with Crippen LogP contribution in [0.25, 0.3) is 0 Å². The number of benzene rings is 1. The average Bonchev–Trinajstić information content (AvgIpc) is 2.67. The molecule has 0 aliphatic carbocycles. The average molecular weight is 372 g/mol. The molecule has 5 nitrogen and oxygen atoms in total. The maximum Gasteiger partial charge on any atom is 0.253 e. The van der Waals surface area contributed by atoms with Gasteiger partial charge in [0.15, 0.2) is 0 Å². The first-order valence-corrected chi connectivity index (χ1v) is 10.2. The Morgan fingerprint density at radius 3 is 1.93 bits per heavy atom. The van der Waals surface area contributed by atoms with Gasteiger partial charge in [0.1, 0.15) is 0 Å². The molecule has 0 unspecified atom stereocenters. The summed E-state index contributed by atoms with van der Waals surface area (Å²) < 4.78 is 0. The molecule has 148 valence electrons. The van der Waals surface area contributed by atoms with Gasteiger partial charge in [0.05, 0.1) is 0 Å². The Labute approximate surface area is 163 Å². The van der Waals surface area contributed by atoms with Gasteiger partial charge in [0, 0.05) is 55.9 Å². The number of hydrogen-bond acceptors (Lipinski definition) is 3. The minimum Gasteiger partial charge on any atom is -0.368 e. The summed E-state index contributed by atoms with van der Waals surface area (Å²) in [5, 5.41) is 0. The summed E-state index contributed by atoms with van der Waals surface area (Å²) in [7, 11) is 0. The number of carbonyl (C=O) groups excluding carboxylic acids is 2. The first-order valence-electron chi connectivity index (χ1n) is 10.2. The summed E-state index contributed by atoms with van der Waals surface area (Å²) >= 11 is 0. The highest BCUT2D eigenvalue weighted by Gasteiger charge is 2.29. The topological polar surface area (TPSA) is 43.9 Å². The van der Waals surface area contributed by atoms with Gasteiger partial charge in [-0.25, -0.2) is 0 Å². The van der Waals surface area contributed by atoms with Crippen LogP contribution < -0.4 is 4.90 Å². The molecule has 2 aliphatic rings. The highest BCUT2D eigenvalue weighted by Crippen LogP contribution is 2.23. The number of hydrogen-bond donors (Lipinski definition) is 0. The number of piperazine rings is 1. The smallest absolute Gasteiger partial charge is 0.253 e. The second-order valence-corrected chi connectivity index (χ2v) is 9.05. The van der Waals surface area contributed by atoms with E-state index in [4.69, 9.17) is 0 Å². The second kappa shape index (κ2) is 7.91. The van der Waals surface area contributed by atoms with Crippen molar-refractivity contribution in [3.8, 4) is 0 Å². The Morgan fingerprint density at radius 1 is 0.852 bits per heavy atom. The molecule has 0 aromatic heterocycles. The van der Waals surface area contributed by atoms with Crippen molar-refractivity contribution < 1.29 is 9.59 Å². The van der Waals surface area contributed by atoms with Crippen molar-refractivity contribution >= 4 is 17.5 Å². The molecule has 0 N–H and O–H groups in total. The van der Waals surface area contributed by atoms with E-state index in [0.29, 0.717) is 0 Å². The molecule has 1 aromatic carbocycles. The van der Waals surface area contributed by atoms with Crippen LogP contribution in [-0.4, -0.2) is 60.9 Å². The fourth-order valence-corrected chi connectivity index (χ4v) is 3.85. The van der Waals surface area contributed by atoms with E-state index < -0.39 is 0 Å². The number of rotatable bonds is 2. The second-order valence-electron chi connectivity index (χ2n) is 9.05. The standard InChI is InChI=1S/C22H33N3O2/c1-17-9-11-24(12-10-17)20(26)18-5-7-19(8-6-18)23-13-15-25(16-14-23)21(27)22(2,3)4/h5-8,17H,9-16H2,1-4H3. The fraction of sp³-hybridized carbons (Fsp3) is 0.636. The van der Waals surface area contributed by atoms with Crippen LogP contribution in [0.2, 0.25) is 0 Å². The number of carbonyl (C=O) groups is 2. The Balaban J connectivity index is 1.57. The molecule has 2 amide bonds. The largest absolute Gasteiger partial charge is 0.368 e. The van der Waals surface area contributed by atoms with Crippen LogP contribution in [0.3, 0.4) is 0 Å². The van der Waals surface area contributed by atoms with Gasteiger partial charge in [-0.15, -0.1) is 0 Å². The molecule has 0 saturated carbocycles. The first kappa shape index (κ1) is 19.7. The third-order valence-corrected chi connectivity index (χ3v) is 5.76. The molecular formula is C22H33N3O2. The normalized spacial score (nSPS) is 19.3. The lowest BCUT2D eigenvalue weighted by atomic mass is 9.94. The number of nitrogens with zero attached hydrogens (tertiary/aromatic N) is 3. The summed E-state index contributed by atoms with van der Waals surface area (Å²) in [5.41, 5.74) is 1.58. The van der Waals surface area contributed by atoms with Crippen LogP contribution in [0.4, 0.5) is 5.69 Å². The Bertz CT molecular complexity index is 662. The molecular weight excluding hydrogens is 338 g/mol. The molecule has 0 spiro atoms. The summed E-state index contributed by atoms with van der Waals surface area (Å²) in [4.78, 5) is 31.3. The summed E-state index contributed by atoms with van der Waals surface area (Å²) in [6, 6.07) is 7.98. The van der Waals surface area contributed by atoms with Gasteiger partial charge >= 0.3 is 0 Å². The van der Waals surface area contributed by atoms with E-state index >= 15 is 0 Å². The van der Waals surface area contributed by atoms with Gasteiger partial charge in [-0.1, -0.05) is 27.7 Å². The number of anilines is 1. The molecule has 0 atom stereocenters. The Kier molecular flexibility index (Phi) is 5.78. The predicted octanol–water partition coefficient (Wildman–Crippen LogP) is 3.25. The van der Waals surface area contributed by atoms with Crippen LogP contribution in [-0.2, 0) is 4.79 Å². The molecule has 1 aromatic rings. The van der Waals surface area contributed by atoms with Crippen molar-refractivity contribution in [1.82, 2.24) is 9.80 Å². The number of likely N-dealkylation sites (tertiary alicyclic amines) is 1. The minimum atomic E-state index is -0.323. The van der Waals surface area contributed by atoms with E-state index in [1.165, 1.54) is 0 Å². The lowest BCUT2D eigenvalue weighted by Gasteiger charge is -2.38. The molecule has 2 heterocycles. The molecule has 3 rings (SSSR count). The van der Waals surface area contributed by atoms with Crippen molar-refractivity contribution in [3.05, 3.63) is 29.8 Å². The van der Waals surface area contributed by atoms with Gasteiger partial charge in [0.2, 0.25) is 5.91 Å². The zero-order valence-electron chi connectivity index (χ0n) is 17.2. The zero-order valence-corrected chi connectivity index (χ0v) is 17.2. The maximum absolute atomic E-state index is 12.7. The maximum atomic E-state index is 12.7. The third kappa shape index (κ3) is 4.63. The Hall–Kier alpha value is -2.04. The molecule has 2 fully saturated rings. The van der Waals surface area contributed by atoms with Crippen molar-refractivity contribution in [3.63, 3.8) is 0 Å². The fourth-order valence-electron chi connectivity index (χ4n) is 3.85.